The van der Waals surface area contributed by atoms with Crippen LogP contribution in [0.5, 0.6) is 11.5 Å². The van der Waals surface area contributed by atoms with Crippen molar-refractivity contribution in [3.05, 3.63) is 82.7 Å². The molecule has 3 rings (SSSR count). The molecule has 8 heteroatoms. The predicted molar refractivity (Wildman–Crippen MR) is 117 cm³/mol. The fraction of sp³-hybridized carbons (Fsp3) is 0.160. The number of alkyl halides is 2. The Kier molecular flexibility index (Phi) is 7.22. The highest BCUT2D eigenvalue weighted by atomic mass is 19.3. The van der Waals surface area contributed by atoms with E-state index in [1.807, 2.05) is 12.1 Å². The second-order valence-corrected chi connectivity index (χ2v) is 6.98. The summed E-state index contributed by atoms with van der Waals surface area (Å²) in [5, 5.41) is 18.4. The number of rotatable bonds is 8. The lowest BCUT2D eigenvalue weighted by molar-refractivity contribution is -0.0498. The van der Waals surface area contributed by atoms with Gasteiger partial charge < -0.3 is 14.0 Å². The number of para-hydroxylation sites is 1. The molecule has 0 bridgehead atoms. The summed E-state index contributed by atoms with van der Waals surface area (Å²) in [5.41, 5.74) is 2.72. The van der Waals surface area contributed by atoms with Crippen LogP contribution in [0.1, 0.15) is 27.3 Å². The Balaban J connectivity index is 1.96. The molecule has 0 atom stereocenters. The molecule has 0 aliphatic rings. The van der Waals surface area contributed by atoms with Crippen LogP contribution in [0, 0.1) is 36.5 Å². The van der Waals surface area contributed by atoms with Gasteiger partial charge in [-0.15, -0.1) is 0 Å². The van der Waals surface area contributed by atoms with E-state index in [4.69, 9.17) is 10.00 Å². The molecule has 0 aliphatic carbocycles. The van der Waals surface area contributed by atoms with Crippen LogP contribution in [0.25, 0.3) is 11.8 Å². The molecular weight excluding hydrogens is 428 g/mol. The number of halogens is 2. The van der Waals surface area contributed by atoms with Gasteiger partial charge in [-0.25, -0.2) is 0 Å². The van der Waals surface area contributed by atoms with E-state index in [9.17, 15) is 18.8 Å². The van der Waals surface area contributed by atoms with Gasteiger partial charge >= 0.3 is 6.61 Å². The summed E-state index contributed by atoms with van der Waals surface area (Å²) in [6.45, 7) is 0.460. The van der Waals surface area contributed by atoms with E-state index in [2.05, 4.69) is 4.74 Å². The minimum absolute atomic E-state index is 0.0273. The molecule has 1 heterocycles. The van der Waals surface area contributed by atoms with Crippen LogP contribution in [0.4, 0.5) is 8.78 Å². The van der Waals surface area contributed by atoms with Gasteiger partial charge in [-0.3, -0.25) is 4.79 Å². The molecular formula is C25H19F2N3O3. The molecule has 0 unspecified atom stereocenters. The first kappa shape index (κ1) is 23.2. The molecule has 0 amide bonds. The van der Waals surface area contributed by atoms with Gasteiger partial charge in [0.2, 0.25) is 5.78 Å². The summed E-state index contributed by atoms with van der Waals surface area (Å²) >= 11 is 0. The van der Waals surface area contributed by atoms with Gasteiger partial charge in [0.25, 0.3) is 0 Å². The molecule has 0 radical (unpaired) electrons. The topological polar surface area (TPSA) is 88.0 Å². The summed E-state index contributed by atoms with van der Waals surface area (Å²) < 4.78 is 36.3. The maximum atomic E-state index is 13.2. The van der Waals surface area contributed by atoms with Crippen molar-refractivity contribution in [1.82, 2.24) is 4.57 Å². The largest absolute Gasteiger partial charge is 0.478 e. The van der Waals surface area contributed by atoms with Crippen LogP contribution in [0.3, 0.4) is 0 Å². The van der Waals surface area contributed by atoms with Gasteiger partial charge in [0.1, 0.15) is 29.2 Å². The summed E-state index contributed by atoms with van der Waals surface area (Å²) in [6, 6.07) is 18.3. The Morgan fingerprint density at radius 3 is 2.45 bits per heavy atom. The van der Waals surface area contributed by atoms with Gasteiger partial charge in [-0.05, 0) is 56.3 Å². The Morgan fingerprint density at radius 1 is 1.12 bits per heavy atom. The molecule has 33 heavy (non-hydrogen) atoms. The third-order valence-electron chi connectivity index (χ3n) is 4.87. The number of carbonyl (C=O) groups is 1. The fourth-order valence-electron chi connectivity index (χ4n) is 3.46. The van der Waals surface area contributed by atoms with Gasteiger partial charge in [-0.1, -0.05) is 18.2 Å². The SMILES string of the molecule is Cc1cc(C(=O)/C(C#N)=C/c2ccccc2OCC#N)c(C)n1-c1ccc(OC(F)F)cc1. The van der Waals surface area contributed by atoms with Gasteiger partial charge in [0.15, 0.2) is 6.61 Å². The third-order valence-corrected chi connectivity index (χ3v) is 4.87. The number of benzene rings is 2. The van der Waals surface area contributed by atoms with Crippen molar-refractivity contribution in [1.29, 1.82) is 10.5 Å². The molecule has 2 aromatic carbocycles. The molecule has 166 valence electrons. The maximum Gasteiger partial charge on any atom is 0.387 e. The summed E-state index contributed by atoms with van der Waals surface area (Å²) in [5.74, 6) is -0.0553. The number of ether oxygens (including phenoxy) is 2. The van der Waals surface area contributed by atoms with Crippen LogP contribution in [0.2, 0.25) is 0 Å². The standard InChI is InChI=1S/C25H19F2N3O3/c1-16-13-22(17(2)30(16)20-7-9-21(10-8-20)33-25(26)27)24(31)19(15-29)14-18-5-3-4-6-23(18)32-12-11-28/h3-10,13-14,25H,12H2,1-2H3/b19-14+. The molecule has 0 spiro atoms. The van der Waals surface area contributed by atoms with Crippen LogP contribution in [0.15, 0.2) is 60.2 Å². The Bertz CT molecular complexity index is 1280. The zero-order valence-electron chi connectivity index (χ0n) is 17.9. The minimum Gasteiger partial charge on any atom is -0.478 e. The first-order valence-electron chi connectivity index (χ1n) is 9.85. The van der Waals surface area contributed by atoms with E-state index in [-0.39, 0.29) is 17.9 Å². The molecule has 0 saturated carbocycles. The normalized spacial score (nSPS) is 11.1. The Hall–Kier alpha value is -4.43. The van der Waals surface area contributed by atoms with Crippen molar-refractivity contribution in [3.8, 4) is 29.3 Å². The van der Waals surface area contributed by atoms with Gasteiger partial charge in [0, 0.05) is 28.2 Å². The van der Waals surface area contributed by atoms with E-state index in [0.29, 0.717) is 28.3 Å². The molecule has 6 nitrogen and oxygen atoms in total. The average Bonchev–Trinajstić information content (AvgIpc) is 3.10. The number of aromatic nitrogens is 1. The van der Waals surface area contributed by atoms with Crippen LogP contribution >= 0.6 is 0 Å². The predicted octanol–water partition coefficient (Wildman–Crippen LogP) is 5.39. The monoisotopic (exact) mass is 447 g/mol. The minimum atomic E-state index is -2.92. The van der Waals surface area contributed by atoms with Gasteiger partial charge in [-0.2, -0.15) is 19.3 Å². The number of aryl methyl sites for hydroxylation is 1. The quantitative estimate of drug-likeness (QED) is 0.263. The van der Waals surface area contributed by atoms with Crippen molar-refractivity contribution in [2.75, 3.05) is 6.61 Å². The van der Waals surface area contributed by atoms with Gasteiger partial charge in [0.05, 0.1) is 0 Å². The highest BCUT2D eigenvalue weighted by Crippen LogP contribution is 2.27. The number of carbonyl (C=O) groups excluding carboxylic acids is 1. The average molecular weight is 447 g/mol. The second kappa shape index (κ2) is 10.3. The molecule has 1 aromatic heterocycles. The van der Waals surface area contributed by atoms with E-state index in [1.165, 1.54) is 18.2 Å². The number of Topliss-reactive ketones (excluding diaryl/α,β-unsaturated/α-hetero) is 1. The van der Waals surface area contributed by atoms with E-state index < -0.39 is 12.4 Å². The number of hydrogen-bond acceptors (Lipinski definition) is 5. The molecule has 0 N–H and O–H groups in total. The zero-order valence-corrected chi connectivity index (χ0v) is 17.9. The number of hydrogen-bond donors (Lipinski definition) is 0. The fourth-order valence-corrected chi connectivity index (χ4v) is 3.46. The van der Waals surface area contributed by atoms with E-state index >= 15 is 0 Å². The third kappa shape index (κ3) is 5.25. The lowest BCUT2D eigenvalue weighted by Gasteiger charge is -2.11. The second-order valence-electron chi connectivity index (χ2n) is 6.98. The van der Waals surface area contributed by atoms with Crippen molar-refractivity contribution in [2.45, 2.75) is 20.5 Å². The van der Waals surface area contributed by atoms with Crippen LogP contribution < -0.4 is 9.47 Å². The molecule has 0 aliphatic heterocycles. The first-order valence-corrected chi connectivity index (χ1v) is 9.85. The first-order chi connectivity index (χ1) is 15.8. The van der Waals surface area contributed by atoms with E-state index in [1.54, 1.807) is 60.9 Å². The maximum absolute atomic E-state index is 13.2. The molecule has 0 fully saturated rings. The number of nitriles is 2. The number of nitrogens with zero attached hydrogens (tertiary/aromatic N) is 3. The van der Waals surface area contributed by atoms with Crippen molar-refractivity contribution in [2.24, 2.45) is 0 Å². The highest BCUT2D eigenvalue weighted by Gasteiger charge is 2.20. The summed E-state index contributed by atoms with van der Waals surface area (Å²) in [4.78, 5) is 13.2. The highest BCUT2D eigenvalue weighted by molar-refractivity contribution is 6.15. The Morgan fingerprint density at radius 2 is 1.82 bits per heavy atom. The van der Waals surface area contributed by atoms with Crippen molar-refractivity contribution < 1.29 is 23.0 Å². The number of allylic oxidation sites excluding steroid dienone is 1. The summed E-state index contributed by atoms with van der Waals surface area (Å²) in [6.07, 6.45) is 1.43. The van der Waals surface area contributed by atoms with Crippen LogP contribution in [-0.4, -0.2) is 23.6 Å². The molecule has 0 saturated heterocycles. The number of ketones is 1. The molecule has 3 aromatic rings. The lowest BCUT2D eigenvalue weighted by Crippen LogP contribution is -2.06. The summed E-state index contributed by atoms with van der Waals surface area (Å²) in [7, 11) is 0. The Labute approximate surface area is 189 Å². The lowest BCUT2D eigenvalue weighted by atomic mass is 10.0. The van der Waals surface area contributed by atoms with Crippen molar-refractivity contribution in [3.63, 3.8) is 0 Å². The van der Waals surface area contributed by atoms with E-state index in [0.717, 1.165) is 5.69 Å². The smallest absolute Gasteiger partial charge is 0.387 e. The van der Waals surface area contributed by atoms with Crippen molar-refractivity contribution >= 4 is 11.9 Å². The van der Waals surface area contributed by atoms with Crippen LogP contribution in [-0.2, 0) is 0 Å². The zero-order chi connectivity index (χ0) is 24.0.